The summed E-state index contributed by atoms with van der Waals surface area (Å²) in [5.74, 6) is -1.51. The van der Waals surface area contributed by atoms with Crippen LogP contribution in [0.1, 0.15) is 48.0 Å². The summed E-state index contributed by atoms with van der Waals surface area (Å²) in [7, 11) is 0. The van der Waals surface area contributed by atoms with Crippen molar-refractivity contribution < 1.29 is 19.5 Å². The molecule has 0 aliphatic heterocycles. The maximum absolute atomic E-state index is 12.3. The molecule has 0 atom stereocenters. The Balaban J connectivity index is 2.96. The Hall–Kier alpha value is -1.89. The molecule has 0 saturated carbocycles. The van der Waals surface area contributed by atoms with Gasteiger partial charge in [-0.1, -0.05) is 20.8 Å². The van der Waals surface area contributed by atoms with Crippen molar-refractivity contribution in [3.63, 3.8) is 0 Å². The number of carboxylic acids is 1. The summed E-state index contributed by atoms with van der Waals surface area (Å²) in [4.78, 5) is 35.8. The molecule has 0 aromatic carbocycles. The SMILES string of the molecule is Cc1sc(NC(=O)C(C)(C)C)c(C(=O)NCCC(=O)O)c1C. The molecule has 1 aromatic rings. The lowest BCUT2D eigenvalue weighted by molar-refractivity contribution is -0.136. The van der Waals surface area contributed by atoms with Gasteiger partial charge in [0, 0.05) is 16.8 Å². The lowest BCUT2D eigenvalue weighted by Gasteiger charge is -2.17. The average molecular weight is 326 g/mol. The molecule has 122 valence electrons. The Bertz CT molecular complexity index is 599. The molecule has 0 spiro atoms. The largest absolute Gasteiger partial charge is 0.481 e. The highest BCUT2D eigenvalue weighted by Gasteiger charge is 2.26. The van der Waals surface area contributed by atoms with Gasteiger partial charge in [0.1, 0.15) is 5.00 Å². The number of amides is 2. The average Bonchev–Trinajstić information content (AvgIpc) is 2.63. The fraction of sp³-hybridized carbons (Fsp3) is 0.533. The van der Waals surface area contributed by atoms with E-state index in [1.165, 1.54) is 11.3 Å². The van der Waals surface area contributed by atoms with E-state index in [2.05, 4.69) is 10.6 Å². The number of aryl methyl sites for hydroxylation is 1. The molecule has 6 nitrogen and oxygen atoms in total. The van der Waals surface area contributed by atoms with Crippen LogP contribution in [0.2, 0.25) is 0 Å². The van der Waals surface area contributed by atoms with Crippen LogP contribution < -0.4 is 10.6 Å². The van der Waals surface area contributed by atoms with E-state index in [1.54, 1.807) is 20.8 Å². The van der Waals surface area contributed by atoms with Crippen LogP contribution in [0.5, 0.6) is 0 Å². The summed E-state index contributed by atoms with van der Waals surface area (Å²) in [6.45, 7) is 9.12. The number of carbonyl (C=O) groups excluding carboxylic acids is 2. The minimum atomic E-state index is -0.972. The van der Waals surface area contributed by atoms with Crippen molar-refractivity contribution in [1.82, 2.24) is 5.32 Å². The van der Waals surface area contributed by atoms with Gasteiger partial charge in [-0.3, -0.25) is 14.4 Å². The summed E-state index contributed by atoms with van der Waals surface area (Å²) in [5, 5.41) is 14.5. The van der Waals surface area contributed by atoms with Gasteiger partial charge in [-0.05, 0) is 19.4 Å². The Morgan fingerprint density at radius 1 is 1.18 bits per heavy atom. The Morgan fingerprint density at radius 2 is 1.77 bits per heavy atom. The second kappa shape index (κ2) is 6.91. The van der Waals surface area contributed by atoms with Crippen LogP contribution in [0.25, 0.3) is 0 Å². The van der Waals surface area contributed by atoms with Crippen LogP contribution in [0.3, 0.4) is 0 Å². The number of hydrogen-bond acceptors (Lipinski definition) is 4. The molecule has 1 aromatic heterocycles. The molecular weight excluding hydrogens is 304 g/mol. The molecule has 1 rings (SSSR count). The molecule has 7 heteroatoms. The molecule has 0 unspecified atom stereocenters. The van der Waals surface area contributed by atoms with Crippen LogP contribution >= 0.6 is 11.3 Å². The summed E-state index contributed by atoms with van der Waals surface area (Å²) >= 11 is 1.34. The van der Waals surface area contributed by atoms with Gasteiger partial charge in [-0.15, -0.1) is 11.3 Å². The van der Waals surface area contributed by atoms with Gasteiger partial charge in [-0.25, -0.2) is 0 Å². The van der Waals surface area contributed by atoms with E-state index in [4.69, 9.17) is 5.11 Å². The first-order valence-electron chi connectivity index (χ1n) is 6.95. The second-order valence-corrected chi connectivity index (χ2v) is 7.32. The standard InChI is InChI=1S/C15H22N2O4S/c1-8-9(2)22-13(17-14(21)15(3,4)5)11(8)12(20)16-7-6-10(18)19/h6-7H2,1-5H3,(H,16,20)(H,17,21)(H,18,19). The second-order valence-electron chi connectivity index (χ2n) is 6.09. The highest BCUT2D eigenvalue weighted by molar-refractivity contribution is 7.16. The lowest BCUT2D eigenvalue weighted by atomic mass is 9.96. The number of carbonyl (C=O) groups is 3. The minimum Gasteiger partial charge on any atom is -0.481 e. The van der Waals surface area contributed by atoms with Crippen LogP contribution in [0.4, 0.5) is 5.00 Å². The van der Waals surface area contributed by atoms with Crippen molar-refractivity contribution in [2.75, 3.05) is 11.9 Å². The van der Waals surface area contributed by atoms with Crippen molar-refractivity contribution >= 4 is 34.1 Å². The molecule has 0 bridgehead atoms. The number of rotatable bonds is 5. The molecule has 0 fully saturated rings. The Morgan fingerprint density at radius 3 is 2.27 bits per heavy atom. The van der Waals surface area contributed by atoms with Crippen molar-refractivity contribution in [2.24, 2.45) is 5.41 Å². The highest BCUT2D eigenvalue weighted by atomic mass is 32.1. The van der Waals surface area contributed by atoms with Gasteiger partial charge in [0.05, 0.1) is 12.0 Å². The normalized spacial score (nSPS) is 11.1. The molecule has 0 saturated heterocycles. The quantitative estimate of drug-likeness (QED) is 0.775. The Labute approximate surface area is 133 Å². The van der Waals surface area contributed by atoms with Crippen LogP contribution in [-0.2, 0) is 9.59 Å². The van der Waals surface area contributed by atoms with E-state index in [9.17, 15) is 14.4 Å². The topological polar surface area (TPSA) is 95.5 Å². The zero-order valence-corrected chi connectivity index (χ0v) is 14.3. The molecule has 0 radical (unpaired) electrons. The third-order valence-corrected chi connectivity index (χ3v) is 4.27. The first kappa shape index (κ1) is 18.2. The number of carboxylic acid groups (broad SMARTS) is 1. The highest BCUT2D eigenvalue weighted by Crippen LogP contribution is 2.33. The smallest absolute Gasteiger partial charge is 0.305 e. The van der Waals surface area contributed by atoms with Gasteiger partial charge >= 0.3 is 5.97 Å². The van der Waals surface area contributed by atoms with E-state index in [-0.39, 0.29) is 24.8 Å². The van der Waals surface area contributed by atoms with E-state index >= 15 is 0 Å². The predicted octanol–water partition coefficient (Wildman–Crippen LogP) is 2.55. The molecule has 1 heterocycles. The fourth-order valence-electron chi connectivity index (χ4n) is 1.65. The number of aliphatic carboxylic acids is 1. The molecule has 2 amide bonds. The lowest BCUT2D eigenvalue weighted by Crippen LogP contribution is -2.30. The third-order valence-electron chi connectivity index (χ3n) is 3.15. The number of anilines is 1. The van der Waals surface area contributed by atoms with Crippen molar-refractivity contribution in [3.05, 3.63) is 16.0 Å². The summed E-state index contributed by atoms with van der Waals surface area (Å²) in [6.07, 6.45) is -0.141. The first-order chi connectivity index (χ1) is 10.0. The number of hydrogen-bond donors (Lipinski definition) is 3. The zero-order chi connectivity index (χ0) is 17.1. The minimum absolute atomic E-state index is 0.0508. The van der Waals surface area contributed by atoms with Gasteiger partial charge in [0.2, 0.25) is 5.91 Å². The number of nitrogens with one attached hydrogen (secondary N) is 2. The van der Waals surface area contributed by atoms with E-state index < -0.39 is 11.4 Å². The van der Waals surface area contributed by atoms with Gasteiger partial charge in [0.15, 0.2) is 0 Å². The van der Waals surface area contributed by atoms with Gasteiger partial charge < -0.3 is 15.7 Å². The van der Waals surface area contributed by atoms with Crippen LogP contribution in [-0.4, -0.2) is 29.4 Å². The molecule has 0 aliphatic carbocycles. The number of thiophene rings is 1. The molecular formula is C15H22N2O4S. The maximum Gasteiger partial charge on any atom is 0.305 e. The molecule has 22 heavy (non-hydrogen) atoms. The van der Waals surface area contributed by atoms with Gasteiger partial charge in [0.25, 0.3) is 5.91 Å². The zero-order valence-electron chi connectivity index (χ0n) is 13.5. The van der Waals surface area contributed by atoms with E-state index in [0.717, 1.165) is 10.4 Å². The molecule has 3 N–H and O–H groups in total. The predicted molar refractivity (Wildman–Crippen MR) is 86.5 cm³/mol. The molecule has 0 aliphatic rings. The summed E-state index contributed by atoms with van der Waals surface area (Å²) in [5.41, 5.74) is 0.635. The first-order valence-corrected chi connectivity index (χ1v) is 7.77. The maximum atomic E-state index is 12.3. The monoisotopic (exact) mass is 326 g/mol. The van der Waals surface area contributed by atoms with Crippen molar-refractivity contribution in [2.45, 2.75) is 41.0 Å². The third kappa shape index (κ3) is 4.56. The van der Waals surface area contributed by atoms with Crippen LogP contribution in [0.15, 0.2) is 0 Å². The summed E-state index contributed by atoms with van der Waals surface area (Å²) in [6, 6.07) is 0. The van der Waals surface area contributed by atoms with Crippen molar-refractivity contribution in [1.29, 1.82) is 0 Å². The Kier molecular flexibility index (Phi) is 5.71. The van der Waals surface area contributed by atoms with E-state index in [1.807, 2.05) is 13.8 Å². The van der Waals surface area contributed by atoms with Gasteiger partial charge in [-0.2, -0.15) is 0 Å². The van der Waals surface area contributed by atoms with Crippen molar-refractivity contribution in [3.8, 4) is 0 Å². The van der Waals surface area contributed by atoms with E-state index in [0.29, 0.717) is 10.6 Å². The van der Waals surface area contributed by atoms with Crippen LogP contribution in [0, 0.1) is 19.3 Å². The summed E-state index contributed by atoms with van der Waals surface area (Å²) < 4.78 is 0. The fourth-order valence-corrected chi connectivity index (χ4v) is 2.70.